The molecule has 0 saturated heterocycles. The average Bonchev–Trinajstić information content (AvgIpc) is 3.10. The number of amides is 1. The molecule has 0 radical (unpaired) electrons. The van der Waals surface area contributed by atoms with Crippen LogP contribution < -0.4 is 10.1 Å². The predicted molar refractivity (Wildman–Crippen MR) is 128 cm³/mol. The Balaban J connectivity index is 1.65. The van der Waals surface area contributed by atoms with Crippen LogP contribution in [0.15, 0.2) is 78.4 Å². The van der Waals surface area contributed by atoms with E-state index in [9.17, 15) is 10.1 Å². The van der Waals surface area contributed by atoms with Crippen LogP contribution in [0.5, 0.6) is 5.75 Å². The van der Waals surface area contributed by atoms with Crippen LogP contribution >= 0.6 is 0 Å². The summed E-state index contributed by atoms with van der Waals surface area (Å²) in [6, 6.07) is 25.5. The van der Waals surface area contributed by atoms with E-state index in [0.29, 0.717) is 11.4 Å². The molecule has 5 heteroatoms. The van der Waals surface area contributed by atoms with Crippen molar-refractivity contribution in [2.75, 3.05) is 12.4 Å². The number of carbonyl (C=O) groups is 1. The minimum Gasteiger partial charge on any atom is -0.497 e. The number of benzene rings is 3. The summed E-state index contributed by atoms with van der Waals surface area (Å²) in [6.45, 7) is 4.01. The van der Waals surface area contributed by atoms with Crippen LogP contribution in [-0.2, 0) is 4.79 Å². The van der Waals surface area contributed by atoms with Gasteiger partial charge in [0.05, 0.1) is 7.11 Å². The number of nitrogens with zero attached hydrogens (tertiary/aromatic N) is 2. The number of aryl methyl sites for hydroxylation is 1. The third-order valence-electron chi connectivity index (χ3n) is 5.47. The molecule has 32 heavy (non-hydrogen) atoms. The zero-order valence-electron chi connectivity index (χ0n) is 18.2. The van der Waals surface area contributed by atoms with E-state index in [-0.39, 0.29) is 5.57 Å². The van der Waals surface area contributed by atoms with E-state index >= 15 is 0 Å². The molecular weight excluding hydrogens is 398 g/mol. The van der Waals surface area contributed by atoms with Gasteiger partial charge in [0, 0.05) is 22.8 Å². The van der Waals surface area contributed by atoms with Crippen molar-refractivity contribution < 1.29 is 9.53 Å². The second-order valence-corrected chi connectivity index (χ2v) is 7.55. The average molecular weight is 422 g/mol. The summed E-state index contributed by atoms with van der Waals surface area (Å²) in [5.74, 6) is 0.244. The van der Waals surface area contributed by atoms with Crippen molar-refractivity contribution >= 4 is 28.4 Å². The molecule has 0 unspecified atom stereocenters. The van der Waals surface area contributed by atoms with E-state index in [1.165, 1.54) is 5.39 Å². The van der Waals surface area contributed by atoms with Crippen molar-refractivity contribution in [3.63, 3.8) is 0 Å². The summed E-state index contributed by atoms with van der Waals surface area (Å²) >= 11 is 0. The Morgan fingerprint density at radius 2 is 1.72 bits per heavy atom. The molecule has 1 aromatic heterocycles. The van der Waals surface area contributed by atoms with Crippen LogP contribution in [0.1, 0.15) is 17.0 Å². The van der Waals surface area contributed by atoms with Crippen molar-refractivity contribution in [1.29, 1.82) is 5.26 Å². The van der Waals surface area contributed by atoms with Crippen molar-refractivity contribution in [3.8, 4) is 17.5 Å². The van der Waals surface area contributed by atoms with Gasteiger partial charge >= 0.3 is 0 Å². The van der Waals surface area contributed by atoms with E-state index in [1.807, 2.05) is 38.1 Å². The highest BCUT2D eigenvalue weighted by Crippen LogP contribution is 2.26. The van der Waals surface area contributed by atoms with Gasteiger partial charge in [-0.1, -0.05) is 30.3 Å². The molecule has 4 rings (SSSR count). The normalized spacial score (nSPS) is 11.2. The van der Waals surface area contributed by atoms with Crippen LogP contribution in [0.25, 0.3) is 22.5 Å². The third-order valence-corrected chi connectivity index (χ3v) is 5.47. The van der Waals surface area contributed by atoms with E-state index in [1.54, 1.807) is 37.5 Å². The van der Waals surface area contributed by atoms with Gasteiger partial charge in [0.2, 0.25) is 0 Å². The molecule has 0 aliphatic rings. The number of nitriles is 1. The number of ether oxygens (including phenoxy) is 1. The third kappa shape index (κ3) is 4.12. The fourth-order valence-electron chi connectivity index (χ4n) is 3.82. The molecule has 1 heterocycles. The summed E-state index contributed by atoms with van der Waals surface area (Å²) in [7, 11) is 1.58. The van der Waals surface area contributed by atoms with Gasteiger partial charge in [-0.15, -0.1) is 0 Å². The van der Waals surface area contributed by atoms with Gasteiger partial charge in [0.25, 0.3) is 5.91 Å². The van der Waals surface area contributed by atoms with E-state index in [0.717, 1.165) is 28.0 Å². The first-order valence-corrected chi connectivity index (χ1v) is 10.3. The molecular formula is C27H23N3O2. The van der Waals surface area contributed by atoms with Crippen molar-refractivity contribution in [1.82, 2.24) is 4.57 Å². The highest BCUT2D eigenvalue weighted by atomic mass is 16.5. The van der Waals surface area contributed by atoms with Crippen molar-refractivity contribution in [2.45, 2.75) is 13.8 Å². The molecule has 0 atom stereocenters. The number of nitrogens with one attached hydrogen (secondary N) is 1. The van der Waals surface area contributed by atoms with Gasteiger partial charge < -0.3 is 14.6 Å². The Morgan fingerprint density at radius 1 is 1.00 bits per heavy atom. The topological polar surface area (TPSA) is 67.0 Å². The fraction of sp³-hybridized carbons (Fsp3) is 0.111. The lowest BCUT2D eigenvalue weighted by Gasteiger charge is -2.11. The van der Waals surface area contributed by atoms with Crippen LogP contribution in [0.3, 0.4) is 0 Å². The molecule has 158 valence electrons. The Hall–Kier alpha value is -4.30. The van der Waals surface area contributed by atoms with Crippen LogP contribution in [-0.4, -0.2) is 17.6 Å². The number of rotatable bonds is 5. The molecule has 1 amide bonds. The summed E-state index contributed by atoms with van der Waals surface area (Å²) in [4.78, 5) is 12.7. The number of methoxy groups -OCH3 is 1. The summed E-state index contributed by atoms with van der Waals surface area (Å²) in [5.41, 5.74) is 4.49. The second-order valence-electron chi connectivity index (χ2n) is 7.55. The standard InChI is InChI=1S/C27H23N3O2/c1-18-14-22(15-23(17-28)27(31)29-24-9-12-26(32-3)13-10-24)19(2)30(18)25-11-8-20-6-4-5-7-21(20)16-25/h4-16H,1-3H3,(H,29,31)/b23-15+. The summed E-state index contributed by atoms with van der Waals surface area (Å²) < 4.78 is 7.26. The minimum atomic E-state index is -0.451. The van der Waals surface area contributed by atoms with Gasteiger partial charge in [-0.2, -0.15) is 5.26 Å². The lowest BCUT2D eigenvalue weighted by Crippen LogP contribution is -2.13. The zero-order valence-corrected chi connectivity index (χ0v) is 18.2. The highest BCUT2D eigenvalue weighted by molar-refractivity contribution is 6.09. The lowest BCUT2D eigenvalue weighted by molar-refractivity contribution is -0.112. The molecule has 0 aliphatic heterocycles. The smallest absolute Gasteiger partial charge is 0.266 e. The second kappa shape index (κ2) is 8.83. The maximum atomic E-state index is 12.7. The van der Waals surface area contributed by atoms with Crippen LogP contribution in [0.4, 0.5) is 5.69 Å². The van der Waals surface area contributed by atoms with E-state index < -0.39 is 5.91 Å². The number of carbonyl (C=O) groups excluding carboxylic acids is 1. The molecule has 0 bridgehead atoms. The Bertz CT molecular complexity index is 1370. The molecule has 5 nitrogen and oxygen atoms in total. The van der Waals surface area contributed by atoms with Crippen LogP contribution in [0.2, 0.25) is 0 Å². The van der Waals surface area contributed by atoms with Gasteiger partial charge in [0.1, 0.15) is 17.4 Å². The summed E-state index contributed by atoms with van der Waals surface area (Å²) in [5, 5.41) is 14.7. The van der Waals surface area contributed by atoms with Gasteiger partial charge in [-0.25, -0.2) is 0 Å². The molecule has 0 fully saturated rings. The minimum absolute atomic E-state index is 0.0413. The zero-order chi connectivity index (χ0) is 22.7. The van der Waals surface area contributed by atoms with Gasteiger partial charge in [-0.05, 0) is 78.7 Å². The van der Waals surface area contributed by atoms with E-state index in [4.69, 9.17) is 4.74 Å². The van der Waals surface area contributed by atoms with Crippen molar-refractivity contribution in [3.05, 3.63) is 95.3 Å². The Kier molecular flexibility index (Phi) is 5.78. The Labute approximate surface area is 187 Å². The summed E-state index contributed by atoms with van der Waals surface area (Å²) in [6.07, 6.45) is 1.64. The first-order chi connectivity index (χ1) is 15.5. The predicted octanol–water partition coefficient (Wildman–Crippen LogP) is 5.80. The molecule has 4 aromatic rings. The van der Waals surface area contributed by atoms with Crippen molar-refractivity contribution in [2.24, 2.45) is 0 Å². The Morgan fingerprint density at radius 3 is 2.41 bits per heavy atom. The number of anilines is 1. The maximum Gasteiger partial charge on any atom is 0.266 e. The number of aromatic nitrogens is 1. The fourth-order valence-corrected chi connectivity index (χ4v) is 3.82. The first-order valence-electron chi connectivity index (χ1n) is 10.3. The first kappa shape index (κ1) is 21.0. The van der Waals surface area contributed by atoms with Crippen LogP contribution in [0, 0.1) is 25.2 Å². The SMILES string of the molecule is COc1ccc(NC(=O)/C(C#N)=C/c2cc(C)n(-c3ccc4ccccc4c3)c2C)cc1. The molecule has 1 N–H and O–H groups in total. The lowest BCUT2D eigenvalue weighted by atomic mass is 10.1. The monoisotopic (exact) mass is 421 g/mol. The number of fused-ring (bicyclic) bond motifs is 1. The number of hydrogen-bond acceptors (Lipinski definition) is 3. The van der Waals surface area contributed by atoms with Gasteiger partial charge in [0.15, 0.2) is 0 Å². The van der Waals surface area contributed by atoms with E-state index in [2.05, 4.69) is 40.2 Å². The molecule has 0 spiro atoms. The molecule has 0 saturated carbocycles. The highest BCUT2D eigenvalue weighted by Gasteiger charge is 2.14. The largest absolute Gasteiger partial charge is 0.497 e. The molecule has 0 aliphatic carbocycles. The maximum absolute atomic E-state index is 12.7. The van der Waals surface area contributed by atoms with Gasteiger partial charge in [-0.3, -0.25) is 4.79 Å². The quantitative estimate of drug-likeness (QED) is 0.327. The number of hydrogen-bond donors (Lipinski definition) is 1. The molecule has 3 aromatic carbocycles.